The van der Waals surface area contributed by atoms with Crippen molar-refractivity contribution in [1.82, 2.24) is 10.6 Å². The topological polar surface area (TPSA) is 84.2 Å². The van der Waals surface area contributed by atoms with Crippen LogP contribution in [0.3, 0.4) is 0 Å². The van der Waals surface area contributed by atoms with Gasteiger partial charge in [0.1, 0.15) is 0 Å². The smallest absolute Gasteiger partial charge is 0.236 e. The normalized spacial score (nSPS) is 17.5. The van der Waals surface area contributed by atoms with Crippen LogP contribution in [0.2, 0.25) is 0 Å². The molecule has 0 heterocycles. The molecule has 4 N–H and O–H groups in total. The second kappa shape index (κ2) is 9.75. The van der Waals surface area contributed by atoms with Crippen LogP contribution in [0, 0.1) is 5.92 Å². The van der Waals surface area contributed by atoms with Gasteiger partial charge in [0.25, 0.3) is 0 Å². The van der Waals surface area contributed by atoms with Crippen molar-refractivity contribution in [1.29, 1.82) is 0 Å². The van der Waals surface area contributed by atoms with E-state index in [2.05, 4.69) is 10.6 Å². The maximum atomic E-state index is 11.8. The van der Waals surface area contributed by atoms with Gasteiger partial charge in [0.05, 0.1) is 6.04 Å². The van der Waals surface area contributed by atoms with Crippen LogP contribution in [0.15, 0.2) is 0 Å². The fourth-order valence-corrected chi connectivity index (χ4v) is 2.67. The SMILES string of the molecule is CCCNC(=O)CCNC(=O)C(N)CC1CCCCC1. The summed E-state index contributed by atoms with van der Waals surface area (Å²) in [6, 6.07) is -0.434. The van der Waals surface area contributed by atoms with Gasteiger partial charge < -0.3 is 16.4 Å². The lowest BCUT2D eigenvalue weighted by atomic mass is 9.85. The monoisotopic (exact) mass is 283 g/mol. The minimum atomic E-state index is -0.434. The van der Waals surface area contributed by atoms with Crippen LogP contribution in [0.4, 0.5) is 0 Å². The number of hydrogen-bond donors (Lipinski definition) is 3. The number of nitrogens with two attached hydrogens (primary N) is 1. The van der Waals surface area contributed by atoms with Crippen molar-refractivity contribution in [2.24, 2.45) is 11.7 Å². The third-order valence-electron chi connectivity index (χ3n) is 3.87. The van der Waals surface area contributed by atoms with Gasteiger partial charge in [-0.1, -0.05) is 39.0 Å². The Bertz CT molecular complexity index is 301. The van der Waals surface area contributed by atoms with Gasteiger partial charge in [0.2, 0.25) is 11.8 Å². The Morgan fingerprint density at radius 3 is 2.50 bits per heavy atom. The third kappa shape index (κ3) is 6.89. The van der Waals surface area contributed by atoms with E-state index in [4.69, 9.17) is 5.73 Å². The predicted octanol–water partition coefficient (Wildman–Crippen LogP) is 1.32. The molecule has 0 aliphatic heterocycles. The maximum Gasteiger partial charge on any atom is 0.236 e. The molecule has 5 heteroatoms. The molecule has 0 aromatic heterocycles. The van der Waals surface area contributed by atoms with Gasteiger partial charge in [-0.15, -0.1) is 0 Å². The number of hydrogen-bond acceptors (Lipinski definition) is 3. The summed E-state index contributed by atoms with van der Waals surface area (Å²) >= 11 is 0. The number of carbonyl (C=O) groups is 2. The first-order chi connectivity index (χ1) is 9.63. The fourth-order valence-electron chi connectivity index (χ4n) is 2.67. The molecular formula is C15H29N3O2. The zero-order valence-electron chi connectivity index (χ0n) is 12.6. The van der Waals surface area contributed by atoms with Gasteiger partial charge in [-0.05, 0) is 18.8 Å². The summed E-state index contributed by atoms with van der Waals surface area (Å²) in [5.74, 6) is 0.448. The summed E-state index contributed by atoms with van der Waals surface area (Å²) in [5.41, 5.74) is 5.93. The average molecular weight is 283 g/mol. The Morgan fingerprint density at radius 1 is 1.15 bits per heavy atom. The largest absolute Gasteiger partial charge is 0.356 e. The summed E-state index contributed by atoms with van der Waals surface area (Å²) in [4.78, 5) is 23.2. The fraction of sp³-hybridized carbons (Fsp3) is 0.867. The third-order valence-corrected chi connectivity index (χ3v) is 3.87. The quantitative estimate of drug-likeness (QED) is 0.628. The molecule has 5 nitrogen and oxygen atoms in total. The van der Waals surface area contributed by atoms with Gasteiger partial charge in [-0.25, -0.2) is 0 Å². The molecule has 116 valence electrons. The van der Waals surface area contributed by atoms with E-state index in [-0.39, 0.29) is 11.8 Å². The number of amides is 2. The van der Waals surface area contributed by atoms with E-state index in [1.165, 1.54) is 32.1 Å². The van der Waals surface area contributed by atoms with Crippen LogP contribution < -0.4 is 16.4 Å². The standard InChI is InChI=1S/C15H29N3O2/c1-2-9-17-14(19)8-10-18-15(20)13(16)11-12-6-4-3-5-7-12/h12-13H,2-11,16H2,1H3,(H,17,19)(H,18,20). The zero-order valence-corrected chi connectivity index (χ0v) is 12.6. The Hall–Kier alpha value is -1.10. The van der Waals surface area contributed by atoms with Crippen LogP contribution in [-0.4, -0.2) is 30.9 Å². The summed E-state index contributed by atoms with van der Waals surface area (Å²) in [5, 5.41) is 5.53. The van der Waals surface area contributed by atoms with Gasteiger partial charge in [0.15, 0.2) is 0 Å². The Morgan fingerprint density at radius 2 is 1.85 bits per heavy atom. The Labute approximate surface area is 122 Å². The van der Waals surface area contributed by atoms with E-state index in [9.17, 15) is 9.59 Å². The molecule has 0 bridgehead atoms. The summed E-state index contributed by atoms with van der Waals surface area (Å²) in [6.45, 7) is 3.06. The van der Waals surface area contributed by atoms with Crippen molar-refractivity contribution in [2.75, 3.05) is 13.1 Å². The van der Waals surface area contributed by atoms with E-state index >= 15 is 0 Å². The molecule has 2 amide bonds. The van der Waals surface area contributed by atoms with Gasteiger partial charge in [0, 0.05) is 19.5 Å². The predicted molar refractivity (Wildman–Crippen MR) is 80.1 cm³/mol. The minimum Gasteiger partial charge on any atom is -0.356 e. The number of rotatable bonds is 8. The average Bonchev–Trinajstić information content (AvgIpc) is 2.46. The Balaban J connectivity index is 2.12. The van der Waals surface area contributed by atoms with Crippen molar-refractivity contribution in [2.45, 2.75) is 64.3 Å². The molecule has 20 heavy (non-hydrogen) atoms. The van der Waals surface area contributed by atoms with E-state index < -0.39 is 6.04 Å². The molecule has 1 aliphatic rings. The van der Waals surface area contributed by atoms with Crippen molar-refractivity contribution >= 4 is 11.8 Å². The second-order valence-corrected chi connectivity index (χ2v) is 5.74. The highest BCUT2D eigenvalue weighted by atomic mass is 16.2. The first-order valence-electron chi connectivity index (χ1n) is 7.93. The molecule has 1 rings (SSSR count). The maximum absolute atomic E-state index is 11.8. The van der Waals surface area contributed by atoms with E-state index in [1.54, 1.807) is 0 Å². The van der Waals surface area contributed by atoms with Crippen molar-refractivity contribution in [3.63, 3.8) is 0 Å². The minimum absolute atomic E-state index is 0.0204. The molecular weight excluding hydrogens is 254 g/mol. The zero-order chi connectivity index (χ0) is 14.8. The van der Waals surface area contributed by atoms with Crippen LogP contribution in [0.25, 0.3) is 0 Å². The highest BCUT2D eigenvalue weighted by molar-refractivity contribution is 5.82. The summed E-state index contributed by atoms with van der Waals surface area (Å²) in [6.07, 6.45) is 8.24. The highest BCUT2D eigenvalue weighted by Gasteiger charge is 2.21. The Kier molecular flexibility index (Phi) is 8.26. The highest BCUT2D eigenvalue weighted by Crippen LogP contribution is 2.26. The molecule has 1 unspecified atom stereocenters. The first kappa shape index (κ1) is 17.0. The van der Waals surface area contributed by atoms with E-state index in [1.807, 2.05) is 6.92 Å². The van der Waals surface area contributed by atoms with E-state index in [0.29, 0.717) is 25.4 Å². The molecule has 1 saturated carbocycles. The lowest BCUT2D eigenvalue weighted by Gasteiger charge is -2.24. The van der Waals surface area contributed by atoms with Crippen molar-refractivity contribution < 1.29 is 9.59 Å². The van der Waals surface area contributed by atoms with Gasteiger partial charge >= 0.3 is 0 Å². The van der Waals surface area contributed by atoms with Crippen molar-refractivity contribution in [3.05, 3.63) is 0 Å². The van der Waals surface area contributed by atoms with E-state index in [0.717, 1.165) is 12.8 Å². The molecule has 1 aliphatic carbocycles. The van der Waals surface area contributed by atoms with Crippen molar-refractivity contribution in [3.8, 4) is 0 Å². The lowest BCUT2D eigenvalue weighted by molar-refractivity contribution is -0.123. The summed E-state index contributed by atoms with van der Waals surface area (Å²) in [7, 11) is 0. The number of nitrogens with one attached hydrogen (secondary N) is 2. The first-order valence-corrected chi connectivity index (χ1v) is 7.93. The van der Waals surface area contributed by atoms with Crippen LogP contribution in [0.5, 0.6) is 0 Å². The van der Waals surface area contributed by atoms with Crippen LogP contribution in [0.1, 0.15) is 58.3 Å². The number of carbonyl (C=O) groups excluding carboxylic acids is 2. The lowest BCUT2D eigenvalue weighted by Crippen LogP contribution is -2.43. The molecule has 0 radical (unpaired) electrons. The molecule has 0 saturated heterocycles. The summed E-state index contributed by atoms with van der Waals surface area (Å²) < 4.78 is 0. The van der Waals surface area contributed by atoms with Gasteiger partial charge in [-0.3, -0.25) is 9.59 Å². The van der Waals surface area contributed by atoms with Crippen LogP contribution >= 0.6 is 0 Å². The molecule has 0 aromatic rings. The molecule has 0 spiro atoms. The molecule has 0 aromatic carbocycles. The molecule has 1 atom stereocenters. The van der Waals surface area contributed by atoms with Gasteiger partial charge in [-0.2, -0.15) is 0 Å². The second-order valence-electron chi connectivity index (χ2n) is 5.74. The van der Waals surface area contributed by atoms with Crippen LogP contribution in [-0.2, 0) is 9.59 Å². The molecule has 1 fully saturated rings.